The number of aliphatic hydroxyl groups excluding tert-OH is 1. The van der Waals surface area contributed by atoms with Crippen LogP contribution in [0.1, 0.15) is 36.5 Å². The Bertz CT molecular complexity index is 565. The van der Waals surface area contributed by atoms with Gasteiger partial charge in [0.05, 0.1) is 12.7 Å². The molecule has 0 saturated heterocycles. The summed E-state index contributed by atoms with van der Waals surface area (Å²) in [6, 6.07) is 18.2. The van der Waals surface area contributed by atoms with E-state index in [9.17, 15) is 5.11 Å². The smallest absolute Gasteiger partial charge is 0.119 e. The molecule has 1 N–H and O–H groups in total. The van der Waals surface area contributed by atoms with Crippen molar-refractivity contribution in [2.45, 2.75) is 31.8 Å². The van der Waals surface area contributed by atoms with Gasteiger partial charge in [-0.1, -0.05) is 42.5 Å². The summed E-state index contributed by atoms with van der Waals surface area (Å²) in [5.74, 6) is 1.28. The Kier molecular flexibility index (Phi) is 4.56. The van der Waals surface area contributed by atoms with Crippen molar-refractivity contribution < 1.29 is 9.84 Å². The van der Waals surface area contributed by atoms with Gasteiger partial charge in [0.25, 0.3) is 0 Å². The van der Waals surface area contributed by atoms with Crippen molar-refractivity contribution in [3.8, 4) is 5.75 Å². The minimum atomic E-state index is -0.313. The molecule has 1 aliphatic carbocycles. The highest BCUT2D eigenvalue weighted by molar-refractivity contribution is 5.31. The molecule has 0 radical (unpaired) electrons. The maximum Gasteiger partial charge on any atom is 0.119 e. The van der Waals surface area contributed by atoms with E-state index in [0.717, 1.165) is 43.6 Å². The zero-order chi connectivity index (χ0) is 14.5. The standard InChI is InChI=1S/C19H22O2/c20-19-16(13-12-15-7-4-5-11-18(15)19)8-6-14-21-17-9-2-1-3-10-17/h1-5,7,9-11,16,19-20H,6,8,12-14H2. The van der Waals surface area contributed by atoms with Crippen LogP contribution in [0.2, 0.25) is 0 Å². The number of para-hydroxylation sites is 1. The summed E-state index contributed by atoms with van der Waals surface area (Å²) in [5.41, 5.74) is 2.43. The zero-order valence-corrected chi connectivity index (χ0v) is 12.2. The van der Waals surface area contributed by atoms with E-state index in [0.29, 0.717) is 5.92 Å². The summed E-state index contributed by atoms with van der Waals surface area (Å²) in [4.78, 5) is 0. The predicted molar refractivity (Wildman–Crippen MR) is 84.4 cm³/mol. The number of aliphatic hydroxyl groups is 1. The van der Waals surface area contributed by atoms with Crippen LogP contribution in [-0.4, -0.2) is 11.7 Å². The molecule has 0 bridgehead atoms. The van der Waals surface area contributed by atoms with Gasteiger partial charge in [-0.15, -0.1) is 0 Å². The Morgan fingerprint density at radius 2 is 1.76 bits per heavy atom. The molecule has 2 heteroatoms. The van der Waals surface area contributed by atoms with Crippen LogP contribution in [0.3, 0.4) is 0 Å². The lowest BCUT2D eigenvalue weighted by Crippen LogP contribution is -2.21. The maximum atomic E-state index is 10.5. The summed E-state index contributed by atoms with van der Waals surface area (Å²) in [6.07, 6.45) is 3.84. The SMILES string of the molecule is OC1c2ccccc2CCC1CCCOc1ccccc1. The van der Waals surface area contributed by atoms with E-state index < -0.39 is 0 Å². The molecule has 2 atom stereocenters. The van der Waals surface area contributed by atoms with Gasteiger partial charge in [0.1, 0.15) is 5.75 Å². The van der Waals surface area contributed by atoms with Gasteiger partial charge in [0.15, 0.2) is 0 Å². The number of fused-ring (bicyclic) bond motifs is 1. The predicted octanol–water partition coefficient (Wildman–Crippen LogP) is 4.14. The zero-order valence-electron chi connectivity index (χ0n) is 12.2. The Labute approximate surface area is 126 Å². The van der Waals surface area contributed by atoms with E-state index in [1.165, 1.54) is 5.56 Å². The monoisotopic (exact) mass is 282 g/mol. The Morgan fingerprint density at radius 3 is 2.62 bits per heavy atom. The fourth-order valence-electron chi connectivity index (χ4n) is 3.16. The third-order valence-corrected chi connectivity index (χ3v) is 4.34. The van der Waals surface area contributed by atoms with Crippen LogP contribution < -0.4 is 4.74 Å². The molecule has 0 spiro atoms. The molecule has 0 heterocycles. The van der Waals surface area contributed by atoms with Crippen molar-refractivity contribution in [3.05, 3.63) is 65.7 Å². The van der Waals surface area contributed by atoms with Crippen molar-refractivity contribution in [2.75, 3.05) is 6.61 Å². The first-order chi connectivity index (χ1) is 10.3. The van der Waals surface area contributed by atoms with Crippen LogP contribution in [0.4, 0.5) is 0 Å². The van der Waals surface area contributed by atoms with E-state index in [4.69, 9.17) is 4.74 Å². The summed E-state index contributed by atoms with van der Waals surface area (Å²) >= 11 is 0. The molecule has 0 amide bonds. The van der Waals surface area contributed by atoms with Gasteiger partial charge in [-0.2, -0.15) is 0 Å². The van der Waals surface area contributed by atoms with E-state index >= 15 is 0 Å². The second-order valence-electron chi connectivity index (χ2n) is 5.75. The molecular formula is C19H22O2. The van der Waals surface area contributed by atoms with E-state index in [1.807, 2.05) is 36.4 Å². The van der Waals surface area contributed by atoms with Crippen molar-refractivity contribution in [2.24, 2.45) is 5.92 Å². The highest BCUT2D eigenvalue weighted by Gasteiger charge is 2.26. The molecule has 3 rings (SSSR count). The van der Waals surface area contributed by atoms with Crippen LogP contribution in [-0.2, 0) is 6.42 Å². The van der Waals surface area contributed by atoms with Gasteiger partial charge in [-0.3, -0.25) is 0 Å². The molecule has 0 fully saturated rings. The number of hydrogen-bond donors (Lipinski definition) is 1. The molecule has 0 aliphatic heterocycles. The maximum absolute atomic E-state index is 10.5. The molecule has 110 valence electrons. The first-order valence-electron chi connectivity index (χ1n) is 7.78. The Hall–Kier alpha value is -1.80. The Morgan fingerprint density at radius 1 is 1.00 bits per heavy atom. The summed E-state index contributed by atoms with van der Waals surface area (Å²) in [5, 5.41) is 10.5. The fraction of sp³-hybridized carbons (Fsp3) is 0.368. The number of ether oxygens (including phenoxy) is 1. The lowest BCUT2D eigenvalue weighted by Gasteiger charge is -2.30. The molecule has 2 nitrogen and oxygen atoms in total. The minimum Gasteiger partial charge on any atom is -0.494 e. The average Bonchev–Trinajstić information content (AvgIpc) is 2.55. The first-order valence-corrected chi connectivity index (χ1v) is 7.78. The topological polar surface area (TPSA) is 29.5 Å². The molecule has 2 aromatic carbocycles. The number of aryl methyl sites for hydroxylation is 1. The van der Waals surface area contributed by atoms with Crippen LogP contribution >= 0.6 is 0 Å². The van der Waals surface area contributed by atoms with Gasteiger partial charge < -0.3 is 9.84 Å². The summed E-state index contributed by atoms with van der Waals surface area (Å²) in [6.45, 7) is 0.717. The molecule has 2 unspecified atom stereocenters. The van der Waals surface area contributed by atoms with Crippen molar-refractivity contribution in [1.82, 2.24) is 0 Å². The third-order valence-electron chi connectivity index (χ3n) is 4.34. The lowest BCUT2D eigenvalue weighted by atomic mass is 9.79. The number of benzene rings is 2. The van der Waals surface area contributed by atoms with Crippen LogP contribution in [0.15, 0.2) is 54.6 Å². The molecule has 21 heavy (non-hydrogen) atoms. The van der Waals surface area contributed by atoms with Crippen molar-refractivity contribution in [1.29, 1.82) is 0 Å². The van der Waals surface area contributed by atoms with Gasteiger partial charge in [0, 0.05) is 0 Å². The minimum absolute atomic E-state index is 0.313. The van der Waals surface area contributed by atoms with Crippen LogP contribution in [0.5, 0.6) is 5.75 Å². The normalized spacial score (nSPS) is 20.8. The van der Waals surface area contributed by atoms with Crippen LogP contribution in [0, 0.1) is 5.92 Å². The van der Waals surface area contributed by atoms with Gasteiger partial charge in [0.2, 0.25) is 0 Å². The van der Waals surface area contributed by atoms with Gasteiger partial charge >= 0.3 is 0 Å². The quantitative estimate of drug-likeness (QED) is 0.835. The fourth-order valence-corrected chi connectivity index (χ4v) is 3.16. The van der Waals surface area contributed by atoms with Gasteiger partial charge in [-0.05, 0) is 54.9 Å². The number of rotatable bonds is 5. The highest BCUT2D eigenvalue weighted by atomic mass is 16.5. The molecule has 1 aliphatic rings. The molecule has 2 aromatic rings. The van der Waals surface area contributed by atoms with E-state index in [1.54, 1.807) is 0 Å². The molecular weight excluding hydrogens is 260 g/mol. The summed E-state index contributed by atoms with van der Waals surface area (Å²) in [7, 11) is 0. The average molecular weight is 282 g/mol. The van der Waals surface area contributed by atoms with Crippen molar-refractivity contribution in [3.63, 3.8) is 0 Å². The second kappa shape index (κ2) is 6.77. The molecule has 0 saturated carbocycles. The van der Waals surface area contributed by atoms with Gasteiger partial charge in [-0.25, -0.2) is 0 Å². The van der Waals surface area contributed by atoms with E-state index in [-0.39, 0.29) is 6.10 Å². The lowest BCUT2D eigenvalue weighted by molar-refractivity contribution is 0.0845. The number of hydrogen-bond acceptors (Lipinski definition) is 2. The largest absolute Gasteiger partial charge is 0.494 e. The summed E-state index contributed by atoms with van der Waals surface area (Å²) < 4.78 is 5.72. The van der Waals surface area contributed by atoms with E-state index in [2.05, 4.69) is 18.2 Å². The highest BCUT2D eigenvalue weighted by Crippen LogP contribution is 2.36. The second-order valence-corrected chi connectivity index (χ2v) is 5.75. The molecule has 0 aromatic heterocycles. The Balaban J connectivity index is 1.48. The first kappa shape index (κ1) is 14.2. The third kappa shape index (κ3) is 3.45. The van der Waals surface area contributed by atoms with Crippen LogP contribution in [0.25, 0.3) is 0 Å². The van der Waals surface area contributed by atoms with Crippen molar-refractivity contribution >= 4 is 0 Å².